The van der Waals surface area contributed by atoms with Crippen LogP contribution in [0.15, 0.2) is 29.3 Å². The fraction of sp³-hybridized carbons (Fsp3) is 0.680. The number of nitrogens with zero attached hydrogens (tertiary/aromatic N) is 3. The minimum atomic E-state index is -0.894. The zero-order valence-electron chi connectivity index (χ0n) is 20.0. The molecule has 2 saturated heterocycles. The highest BCUT2D eigenvalue weighted by Crippen LogP contribution is 2.33. The summed E-state index contributed by atoms with van der Waals surface area (Å²) in [5, 5.41) is 16.3. The molecule has 182 valence electrons. The summed E-state index contributed by atoms with van der Waals surface area (Å²) in [5.41, 5.74) is 7.92. The van der Waals surface area contributed by atoms with Crippen LogP contribution in [0, 0.1) is 12.8 Å². The standard InChI is InChI=1S/C25H40N6O2/c1-3-13-31-17-28-23(20-8-12-27-22(20)31)30-14-10-25(26,11-15-30)24(33)29-21(9-16-32)19-6-4-18(2)5-7-19/h4-7,17,20-23,27,32H,3,8-16,26H2,1-2H3,(H,29,33)/t20?,21-,22?,23?/m0/s1. The number of carbonyl (C=O) groups is 1. The van der Waals surface area contributed by atoms with Crippen LogP contribution in [0.3, 0.4) is 0 Å². The molecule has 0 aromatic heterocycles. The highest BCUT2D eigenvalue weighted by atomic mass is 16.3. The number of fused-ring (bicyclic) bond motifs is 1. The third kappa shape index (κ3) is 5.24. The van der Waals surface area contributed by atoms with Crippen molar-refractivity contribution in [2.24, 2.45) is 16.6 Å². The summed E-state index contributed by atoms with van der Waals surface area (Å²) in [6, 6.07) is 7.84. The highest BCUT2D eigenvalue weighted by Gasteiger charge is 2.45. The molecule has 0 bridgehead atoms. The second-order valence-electron chi connectivity index (χ2n) is 9.91. The van der Waals surface area contributed by atoms with Crippen molar-refractivity contribution >= 4 is 12.2 Å². The van der Waals surface area contributed by atoms with Crippen molar-refractivity contribution in [3.63, 3.8) is 0 Å². The maximum Gasteiger partial charge on any atom is 0.240 e. The molecular formula is C25H40N6O2. The summed E-state index contributed by atoms with van der Waals surface area (Å²) in [6.07, 6.45) is 6.44. The number of likely N-dealkylation sites (tertiary alicyclic amines) is 1. The van der Waals surface area contributed by atoms with E-state index in [1.54, 1.807) is 0 Å². The van der Waals surface area contributed by atoms with Gasteiger partial charge in [0, 0.05) is 32.2 Å². The van der Waals surface area contributed by atoms with Crippen LogP contribution in [0.1, 0.15) is 56.2 Å². The zero-order valence-corrected chi connectivity index (χ0v) is 20.0. The SMILES string of the molecule is CCCN1C=NC(N2CCC(N)(C(=O)N[C@@H](CCO)c3ccc(C)cc3)CC2)C2CCNC21. The number of aliphatic imine (C=N–C) groups is 1. The van der Waals surface area contributed by atoms with Gasteiger partial charge in [0.2, 0.25) is 5.91 Å². The molecular weight excluding hydrogens is 416 g/mol. The van der Waals surface area contributed by atoms with E-state index in [-0.39, 0.29) is 24.7 Å². The number of hydrogen-bond donors (Lipinski definition) is 4. The van der Waals surface area contributed by atoms with Crippen molar-refractivity contribution < 1.29 is 9.90 Å². The number of piperidine rings is 1. The summed E-state index contributed by atoms with van der Waals surface area (Å²) in [4.78, 5) is 22.9. The Morgan fingerprint density at radius 2 is 2.06 bits per heavy atom. The lowest BCUT2D eigenvalue weighted by Gasteiger charge is -2.46. The first-order chi connectivity index (χ1) is 15.9. The molecule has 8 nitrogen and oxygen atoms in total. The second kappa shape index (κ2) is 10.5. The van der Waals surface area contributed by atoms with Gasteiger partial charge in [0.05, 0.1) is 24.1 Å². The Labute approximate surface area is 197 Å². The number of aliphatic hydroxyl groups is 1. The predicted octanol–water partition coefficient (Wildman–Crippen LogP) is 1.34. The van der Waals surface area contributed by atoms with Gasteiger partial charge in [-0.15, -0.1) is 0 Å². The van der Waals surface area contributed by atoms with E-state index in [2.05, 4.69) is 27.4 Å². The Kier molecular flexibility index (Phi) is 7.69. The van der Waals surface area contributed by atoms with Gasteiger partial charge >= 0.3 is 0 Å². The highest BCUT2D eigenvalue weighted by molar-refractivity contribution is 5.86. The minimum Gasteiger partial charge on any atom is -0.396 e. The number of hydrogen-bond acceptors (Lipinski definition) is 7. The third-order valence-electron chi connectivity index (χ3n) is 7.55. The largest absolute Gasteiger partial charge is 0.396 e. The Balaban J connectivity index is 1.38. The summed E-state index contributed by atoms with van der Waals surface area (Å²) < 4.78 is 0. The lowest BCUT2D eigenvalue weighted by atomic mass is 9.85. The first-order valence-electron chi connectivity index (χ1n) is 12.5. The van der Waals surface area contributed by atoms with Gasteiger partial charge in [-0.25, -0.2) is 0 Å². The van der Waals surface area contributed by atoms with E-state index in [1.807, 2.05) is 37.5 Å². The van der Waals surface area contributed by atoms with Gasteiger partial charge in [-0.2, -0.15) is 0 Å². The molecule has 8 heteroatoms. The van der Waals surface area contributed by atoms with Crippen LogP contribution in [0.25, 0.3) is 0 Å². The molecule has 1 amide bonds. The van der Waals surface area contributed by atoms with Crippen molar-refractivity contribution in [1.82, 2.24) is 20.4 Å². The molecule has 4 rings (SSSR count). The van der Waals surface area contributed by atoms with Crippen LogP contribution in [-0.4, -0.2) is 77.8 Å². The molecule has 3 heterocycles. The number of aliphatic hydroxyl groups excluding tert-OH is 1. The van der Waals surface area contributed by atoms with E-state index in [4.69, 9.17) is 10.7 Å². The first kappa shape index (κ1) is 24.1. The van der Waals surface area contributed by atoms with Crippen molar-refractivity contribution in [2.75, 3.05) is 32.8 Å². The van der Waals surface area contributed by atoms with Gasteiger partial charge in [-0.1, -0.05) is 36.8 Å². The topological polar surface area (TPSA) is 106 Å². The zero-order chi connectivity index (χ0) is 23.4. The molecule has 0 radical (unpaired) electrons. The van der Waals surface area contributed by atoms with Gasteiger partial charge in [0.15, 0.2) is 0 Å². The van der Waals surface area contributed by atoms with E-state index < -0.39 is 5.54 Å². The molecule has 2 fully saturated rings. The number of nitrogens with two attached hydrogens (primary N) is 1. The number of rotatable bonds is 8. The molecule has 0 aliphatic carbocycles. The van der Waals surface area contributed by atoms with Gasteiger partial charge in [-0.3, -0.25) is 20.0 Å². The predicted molar refractivity (Wildman–Crippen MR) is 131 cm³/mol. The molecule has 3 unspecified atom stereocenters. The van der Waals surface area contributed by atoms with E-state index in [0.29, 0.717) is 31.3 Å². The van der Waals surface area contributed by atoms with E-state index >= 15 is 0 Å². The molecule has 4 atom stereocenters. The quantitative estimate of drug-likeness (QED) is 0.471. The molecule has 3 aliphatic heterocycles. The third-order valence-corrected chi connectivity index (χ3v) is 7.55. The molecule has 1 aromatic rings. The summed E-state index contributed by atoms with van der Waals surface area (Å²) in [5.74, 6) is 0.346. The smallest absolute Gasteiger partial charge is 0.240 e. The summed E-state index contributed by atoms with van der Waals surface area (Å²) in [6.45, 7) is 7.81. The monoisotopic (exact) mass is 456 g/mol. The average Bonchev–Trinajstić information content (AvgIpc) is 3.31. The van der Waals surface area contributed by atoms with Crippen molar-refractivity contribution in [1.29, 1.82) is 0 Å². The van der Waals surface area contributed by atoms with Crippen LogP contribution >= 0.6 is 0 Å². The fourth-order valence-corrected chi connectivity index (χ4v) is 5.51. The number of amides is 1. The fourth-order valence-electron chi connectivity index (χ4n) is 5.51. The maximum atomic E-state index is 13.2. The average molecular weight is 457 g/mol. The summed E-state index contributed by atoms with van der Waals surface area (Å²) in [7, 11) is 0. The molecule has 1 aromatic carbocycles. The number of benzene rings is 1. The Morgan fingerprint density at radius 1 is 1.33 bits per heavy atom. The number of carbonyl (C=O) groups excluding carboxylic acids is 1. The Bertz CT molecular complexity index is 821. The number of nitrogens with one attached hydrogen (secondary N) is 2. The van der Waals surface area contributed by atoms with Gasteiger partial charge in [0.25, 0.3) is 0 Å². The van der Waals surface area contributed by atoms with Gasteiger partial charge < -0.3 is 21.1 Å². The Hall–Kier alpha value is -2.00. The first-order valence-corrected chi connectivity index (χ1v) is 12.5. The lowest BCUT2D eigenvalue weighted by Crippen LogP contribution is -2.63. The minimum absolute atomic E-state index is 0.00942. The molecule has 0 saturated carbocycles. The normalized spacial score (nSPS) is 27.9. The van der Waals surface area contributed by atoms with Crippen LogP contribution in [0.5, 0.6) is 0 Å². The van der Waals surface area contributed by atoms with Crippen LogP contribution < -0.4 is 16.4 Å². The molecule has 33 heavy (non-hydrogen) atoms. The van der Waals surface area contributed by atoms with Crippen LogP contribution in [0.2, 0.25) is 0 Å². The molecule has 0 spiro atoms. The van der Waals surface area contributed by atoms with E-state index in [1.165, 1.54) is 5.56 Å². The van der Waals surface area contributed by atoms with E-state index in [9.17, 15) is 9.90 Å². The van der Waals surface area contributed by atoms with Gasteiger partial charge in [0.1, 0.15) is 6.17 Å². The lowest BCUT2D eigenvalue weighted by molar-refractivity contribution is -0.129. The molecule has 3 aliphatic rings. The molecule has 5 N–H and O–H groups in total. The van der Waals surface area contributed by atoms with Crippen molar-refractivity contribution in [2.45, 2.75) is 69.9 Å². The second-order valence-corrected chi connectivity index (χ2v) is 9.91. The number of aryl methyl sites for hydroxylation is 1. The summed E-state index contributed by atoms with van der Waals surface area (Å²) >= 11 is 0. The van der Waals surface area contributed by atoms with Crippen molar-refractivity contribution in [3.05, 3.63) is 35.4 Å². The van der Waals surface area contributed by atoms with Gasteiger partial charge in [-0.05, 0) is 51.1 Å². The maximum absolute atomic E-state index is 13.2. The van der Waals surface area contributed by atoms with Crippen LogP contribution in [0.4, 0.5) is 0 Å². The Morgan fingerprint density at radius 3 is 2.73 bits per heavy atom. The van der Waals surface area contributed by atoms with Crippen LogP contribution in [-0.2, 0) is 4.79 Å². The van der Waals surface area contributed by atoms with Crippen molar-refractivity contribution in [3.8, 4) is 0 Å². The van der Waals surface area contributed by atoms with E-state index in [0.717, 1.165) is 44.6 Å².